The first-order chi connectivity index (χ1) is 9.31. The zero-order valence-electron chi connectivity index (χ0n) is 11.9. The summed E-state index contributed by atoms with van der Waals surface area (Å²) in [5.74, 6) is 0. The van der Waals surface area contributed by atoms with E-state index in [0.717, 1.165) is 0 Å². The number of aliphatic hydroxyl groups is 4. The molecule has 7 heteroatoms. The summed E-state index contributed by atoms with van der Waals surface area (Å²) in [6, 6.07) is 0. The highest BCUT2D eigenvalue weighted by Crippen LogP contribution is 2.12. The molecule has 7 nitrogen and oxygen atoms in total. The molecule has 120 valence electrons. The lowest BCUT2D eigenvalue weighted by Crippen LogP contribution is -2.23. The predicted molar refractivity (Wildman–Crippen MR) is 72.9 cm³/mol. The van der Waals surface area contributed by atoms with Crippen molar-refractivity contribution in [3.05, 3.63) is 0 Å². The van der Waals surface area contributed by atoms with E-state index in [0.29, 0.717) is 32.1 Å². The highest BCUT2D eigenvalue weighted by Gasteiger charge is 2.13. The summed E-state index contributed by atoms with van der Waals surface area (Å²) in [5, 5.41) is 37.9. The van der Waals surface area contributed by atoms with Crippen molar-refractivity contribution >= 4 is 6.09 Å². The Morgan fingerprint density at radius 1 is 0.900 bits per heavy atom. The van der Waals surface area contributed by atoms with Crippen molar-refractivity contribution in [2.75, 3.05) is 6.61 Å². The summed E-state index contributed by atoms with van der Waals surface area (Å²) < 4.78 is 4.43. The minimum absolute atomic E-state index is 0.181. The van der Waals surface area contributed by atoms with E-state index in [1.807, 2.05) is 0 Å². The van der Waals surface area contributed by atoms with Gasteiger partial charge in [0.15, 0.2) is 0 Å². The molecule has 0 heterocycles. The Bertz CT molecular complexity index is 261. The third-order valence-corrected chi connectivity index (χ3v) is 3.00. The fraction of sp³-hybridized carbons (Fsp3) is 0.923. The molecular weight excluding hydrogens is 266 g/mol. The maximum Gasteiger partial charge on any atom is 0.404 e. The van der Waals surface area contributed by atoms with Crippen LogP contribution in [0.4, 0.5) is 4.79 Å². The van der Waals surface area contributed by atoms with Gasteiger partial charge >= 0.3 is 6.09 Å². The SMILES string of the molecule is CC(O)CCC(O)CCC(O)CCC(O)COC(N)=O. The maximum absolute atomic E-state index is 10.3. The van der Waals surface area contributed by atoms with Gasteiger partial charge in [0.25, 0.3) is 0 Å². The third kappa shape index (κ3) is 12.2. The molecule has 0 aliphatic heterocycles. The van der Waals surface area contributed by atoms with E-state index in [2.05, 4.69) is 4.74 Å². The standard InChI is InChI=1S/C13H27NO6/c1-9(15)2-3-10(16)4-5-11(17)6-7-12(18)8-20-13(14)19/h9-12,15-18H,2-8H2,1H3,(H2,14,19). The Morgan fingerprint density at radius 2 is 1.30 bits per heavy atom. The number of rotatable bonds is 11. The first kappa shape index (κ1) is 19.1. The van der Waals surface area contributed by atoms with Gasteiger partial charge in [-0.2, -0.15) is 0 Å². The van der Waals surface area contributed by atoms with Crippen LogP contribution < -0.4 is 5.73 Å². The zero-order chi connectivity index (χ0) is 15.5. The fourth-order valence-corrected chi connectivity index (χ4v) is 1.75. The van der Waals surface area contributed by atoms with E-state index in [-0.39, 0.29) is 13.0 Å². The molecule has 0 rings (SSSR count). The summed E-state index contributed by atoms with van der Waals surface area (Å²) in [7, 11) is 0. The minimum atomic E-state index is -0.939. The largest absolute Gasteiger partial charge is 0.447 e. The van der Waals surface area contributed by atoms with Gasteiger partial charge < -0.3 is 30.9 Å². The van der Waals surface area contributed by atoms with E-state index >= 15 is 0 Å². The topological polar surface area (TPSA) is 133 Å². The number of aliphatic hydroxyl groups excluding tert-OH is 4. The van der Waals surface area contributed by atoms with Crippen LogP contribution in [0.2, 0.25) is 0 Å². The fourth-order valence-electron chi connectivity index (χ4n) is 1.75. The molecule has 20 heavy (non-hydrogen) atoms. The van der Waals surface area contributed by atoms with Gasteiger partial charge in [0.05, 0.1) is 24.4 Å². The molecule has 0 aliphatic carbocycles. The van der Waals surface area contributed by atoms with Crippen LogP contribution in [-0.2, 0) is 4.74 Å². The van der Waals surface area contributed by atoms with Gasteiger partial charge in [-0.1, -0.05) is 0 Å². The number of hydrogen-bond acceptors (Lipinski definition) is 6. The van der Waals surface area contributed by atoms with Crippen molar-refractivity contribution in [1.29, 1.82) is 0 Å². The summed E-state index contributed by atoms with van der Waals surface area (Å²) in [4.78, 5) is 10.3. The molecule has 0 aromatic rings. The average molecular weight is 293 g/mol. The molecular formula is C13H27NO6. The van der Waals surface area contributed by atoms with Crippen molar-refractivity contribution in [3.63, 3.8) is 0 Å². The zero-order valence-corrected chi connectivity index (χ0v) is 11.9. The van der Waals surface area contributed by atoms with Gasteiger partial charge in [-0.25, -0.2) is 4.79 Å². The number of carbonyl (C=O) groups is 1. The molecule has 0 bridgehead atoms. The van der Waals surface area contributed by atoms with Crippen molar-refractivity contribution in [2.45, 2.75) is 69.9 Å². The molecule has 0 aromatic carbocycles. The maximum atomic E-state index is 10.3. The van der Waals surface area contributed by atoms with Gasteiger partial charge in [0.2, 0.25) is 0 Å². The molecule has 0 radical (unpaired) electrons. The number of carbonyl (C=O) groups excluding carboxylic acids is 1. The van der Waals surface area contributed by atoms with Gasteiger partial charge in [0, 0.05) is 0 Å². The minimum Gasteiger partial charge on any atom is -0.447 e. The summed E-state index contributed by atoms with van der Waals surface area (Å²) >= 11 is 0. The Kier molecular flexibility index (Phi) is 10.4. The third-order valence-electron chi connectivity index (χ3n) is 3.00. The van der Waals surface area contributed by atoms with Crippen LogP contribution in [-0.4, -0.2) is 57.5 Å². The lowest BCUT2D eigenvalue weighted by molar-refractivity contribution is 0.0487. The van der Waals surface area contributed by atoms with Gasteiger partial charge in [-0.3, -0.25) is 0 Å². The molecule has 1 amide bonds. The molecule has 6 N–H and O–H groups in total. The van der Waals surface area contributed by atoms with Gasteiger partial charge in [-0.05, 0) is 45.4 Å². The second-order valence-corrected chi connectivity index (χ2v) is 5.17. The average Bonchev–Trinajstić information content (AvgIpc) is 2.37. The Hall–Kier alpha value is -0.890. The molecule has 4 atom stereocenters. The lowest BCUT2D eigenvalue weighted by Gasteiger charge is -2.16. The van der Waals surface area contributed by atoms with E-state index < -0.39 is 30.5 Å². The van der Waals surface area contributed by atoms with Crippen LogP contribution in [0.3, 0.4) is 0 Å². The number of ether oxygens (including phenoxy) is 1. The monoisotopic (exact) mass is 293 g/mol. The van der Waals surface area contributed by atoms with Crippen LogP contribution in [0.1, 0.15) is 45.4 Å². The van der Waals surface area contributed by atoms with Crippen LogP contribution in [0, 0.1) is 0 Å². The summed E-state index contributed by atoms with van der Waals surface area (Å²) in [6.07, 6.45) is -0.851. The van der Waals surface area contributed by atoms with E-state index in [1.54, 1.807) is 6.92 Å². The molecule has 0 saturated carbocycles. The first-order valence-electron chi connectivity index (χ1n) is 6.95. The highest BCUT2D eigenvalue weighted by atomic mass is 16.6. The van der Waals surface area contributed by atoms with Gasteiger partial charge in [-0.15, -0.1) is 0 Å². The molecule has 0 aliphatic rings. The van der Waals surface area contributed by atoms with E-state index in [4.69, 9.17) is 10.8 Å². The van der Waals surface area contributed by atoms with Crippen molar-refractivity contribution in [1.82, 2.24) is 0 Å². The first-order valence-corrected chi connectivity index (χ1v) is 6.95. The van der Waals surface area contributed by atoms with Crippen molar-refractivity contribution in [3.8, 4) is 0 Å². The predicted octanol–water partition coefficient (Wildman–Crippen LogP) is -0.114. The molecule has 0 saturated heterocycles. The number of amides is 1. The number of nitrogens with two attached hydrogens (primary N) is 1. The second-order valence-electron chi connectivity index (χ2n) is 5.17. The van der Waals surface area contributed by atoms with Crippen molar-refractivity contribution < 1.29 is 30.0 Å². The van der Waals surface area contributed by atoms with E-state index in [1.165, 1.54) is 0 Å². The number of primary amides is 1. The highest BCUT2D eigenvalue weighted by molar-refractivity contribution is 5.64. The second kappa shape index (κ2) is 10.8. The Morgan fingerprint density at radius 3 is 1.70 bits per heavy atom. The number of hydrogen-bond donors (Lipinski definition) is 5. The van der Waals surface area contributed by atoms with Crippen LogP contribution in [0.25, 0.3) is 0 Å². The van der Waals surface area contributed by atoms with Crippen LogP contribution in [0.15, 0.2) is 0 Å². The van der Waals surface area contributed by atoms with Crippen LogP contribution >= 0.6 is 0 Å². The van der Waals surface area contributed by atoms with Crippen molar-refractivity contribution in [2.24, 2.45) is 5.73 Å². The summed E-state index contributed by atoms with van der Waals surface area (Å²) in [5.41, 5.74) is 4.76. The van der Waals surface area contributed by atoms with Crippen LogP contribution in [0.5, 0.6) is 0 Å². The van der Waals surface area contributed by atoms with Gasteiger partial charge in [0.1, 0.15) is 6.61 Å². The smallest absolute Gasteiger partial charge is 0.404 e. The summed E-state index contributed by atoms with van der Waals surface area (Å²) in [6.45, 7) is 1.48. The molecule has 0 aromatic heterocycles. The Labute approximate surface area is 119 Å². The molecule has 0 spiro atoms. The Balaban J connectivity index is 3.62. The van der Waals surface area contributed by atoms with E-state index in [9.17, 15) is 20.1 Å². The molecule has 4 unspecified atom stereocenters. The molecule has 0 fully saturated rings. The normalized spacial score (nSPS) is 17.2. The lowest BCUT2D eigenvalue weighted by atomic mass is 10.0. The quantitative estimate of drug-likeness (QED) is 0.361.